The van der Waals surface area contributed by atoms with E-state index in [0.29, 0.717) is 5.95 Å². The van der Waals surface area contributed by atoms with Gasteiger partial charge in [-0.1, -0.05) is 42.5 Å². The van der Waals surface area contributed by atoms with Crippen molar-refractivity contribution in [2.24, 2.45) is 0 Å². The summed E-state index contributed by atoms with van der Waals surface area (Å²) in [6.07, 6.45) is 2.62. The highest BCUT2D eigenvalue weighted by atomic mass is 15.3. The average molecular weight is 333 g/mol. The molecule has 0 atom stereocenters. The van der Waals surface area contributed by atoms with Crippen molar-refractivity contribution in [3.8, 4) is 0 Å². The molecular weight excluding hydrogens is 310 g/mol. The number of nitrogens with one attached hydrogen (secondary N) is 1. The predicted molar refractivity (Wildman–Crippen MR) is 102 cm³/mol. The van der Waals surface area contributed by atoms with E-state index in [4.69, 9.17) is 0 Å². The number of benzene rings is 2. The van der Waals surface area contributed by atoms with E-state index in [1.165, 1.54) is 11.1 Å². The second-order valence-corrected chi connectivity index (χ2v) is 5.88. The molecule has 0 radical (unpaired) electrons. The van der Waals surface area contributed by atoms with E-state index in [2.05, 4.69) is 87.8 Å². The Labute approximate surface area is 148 Å². The number of anilines is 3. The van der Waals surface area contributed by atoms with E-state index in [9.17, 15) is 0 Å². The summed E-state index contributed by atoms with van der Waals surface area (Å²) in [6, 6.07) is 18.7. The number of hydrogen-bond acceptors (Lipinski definition) is 5. The van der Waals surface area contributed by atoms with Crippen molar-refractivity contribution in [3.63, 3.8) is 0 Å². The maximum Gasteiger partial charge on any atom is 0.244 e. The maximum absolute atomic E-state index is 4.62. The lowest BCUT2D eigenvalue weighted by Gasteiger charge is -2.22. The second kappa shape index (κ2) is 8.24. The molecule has 1 N–H and O–H groups in total. The zero-order chi connectivity index (χ0) is 17.5. The Hall–Kier alpha value is -2.95. The van der Waals surface area contributed by atoms with Crippen LogP contribution in [0.1, 0.15) is 18.1 Å². The van der Waals surface area contributed by atoms with Crippen molar-refractivity contribution in [1.82, 2.24) is 15.2 Å². The molecule has 0 saturated heterocycles. The fourth-order valence-electron chi connectivity index (χ4n) is 2.74. The molecule has 0 aliphatic carbocycles. The molecule has 0 unspecified atom stereocenters. The van der Waals surface area contributed by atoms with Crippen LogP contribution in [0.15, 0.2) is 60.8 Å². The van der Waals surface area contributed by atoms with Crippen LogP contribution >= 0.6 is 0 Å². The smallest absolute Gasteiger partial charge is 0.244 e. The van der Waals surface area contributed by atoms with Crippen molar-refractivity contribution in [2.45, 2.75) is 20.3 Å². The van der Waals surface area contributed by atoms with E-state index in [1.54, 1.807) is 6.20 Å². The molecule has 3 rings (SSSR count). The third-order valence-electron chi connectivity index (χ3n) is 3.99. The van der Waals surface area contributed by atoms with Crippen LogP contribution in [0.3, 0.4) is 0 Å². The molecule has 0 bridgehead atoms. The molecular formula is C20H23N5. The Morgan fingerprint density at radius 2 is 1.88 bits per heavy atom. The van der Waals surface area contributed by atoms with Gasteiger partial charge >= 0.3 is 0 Å². The van der Waals surface area contributed by atoms with Crippen molar-refractivity contribution in [2.75, 3.05) is 23.3 Å². The molecule has 0 saturated carbocycles. The molecule has 0 amide bonds. The largest absolute Gasteiger partial charge is 0.353 e. The topological polar surface area (TPSA) is 53.9 Å². The van der Waals surface area contributed by atoms with Gasteiger partial charge in [0.05, 0.1) is 6.20 Å². The molecule has 0 fully saturated rings. The SMILES string of the molecule is CCN(c1cccc(C)c1)c1cnnc(NCCc2ccccc2)n1. The van der Waals surface area contributed by atoms with Gasteiger partial charge in [0, 0.05) is 18.8 Å². The fourth-order valence-corrected chi connectivity index (χ4v) is 2.74. The van der Waals surface area contributed by atoms with E-state index in [1.807, 2.05) is 6.07 Å². The minimum Gasteiger partial charge on any atom is -0.353 e. The molecule has 0 aliphatic rings. The summed E-state index contributed by atoms with van der Waals surface area (Å²) in [6.45, 7) is 5.77. The molecule has 5 nitrogen and oxygen atoms in total. The Kier molecular flexibility index (Phi) is 5.57. The van der Waals surface area contributed by atoms with Gasteiger partial charge in [-0.05, 0) is 43.5 Å². The lowest BCUT2D eigenvalue weighted by atomic mass is 10.1. The van der Waals surface area contributed by atoms with E-state index in [0.717, 1.165) is 31.0 Å². The molecule has 3 aromatic rings. The minimum absolute atomic E-state index is 0.555. The normalized spacial score (nSPS) is 10.5. The monoisotopic (exact) mass is 333 g/mol. The number of rotatable bonds is 7. The zero-order valence-corrected chi connectivity index (χ0v) is 14.7. The van der Waals surface area contributed by atoms with Crippen LogP contribution in [0.25, 0.3) is 0 Å². The summed E-state index contributed by atoms with van der Waals surface area (Å²) in [4.78, 5) is 6.75. The Morgan fingerprint density at radius 1 is 1.04 bits per heavy atom. The van der Waals surface area contributed by atoms with Crippen LogP contribution in [0.5, 0.6) is 0 Å². The van der Waals surface area contributed by atoms with E-state index >= 15 is 0 Å². The van der Waals surface area contributed by atoms with Crippen LogP contribution in [0, 0.1) is 6.92 Å². The van der Waals surface area contributed by atoms with Gasteiger partial charge in [0.1, 0.15) is 0 Å². The quantitative estimate of drug-likeness (QED) is 0.708. The van der Waals surface area contributed by atoms with Gasteiger partial charge in [0.25, 0.3) is 0 Å². The standard InChI is InChI=1S/C20H23N5/c1-3-25(18-11-7-8-16(2)14-18)19-15-22-24-20(23-19)21-13-12-17-9-5-4-6-10-17/h4-11,14-15H,3,12-13H2,1-2H3,(H,21,23,24). The first kappa shape index (κ1) is 16.9. The van der Waals surface area contributed by atoms with E-state index in [-0.39, 0.29) is 0 Å². The highest BCUT2D eigenvalue weighted by molar-refractivity contribution is 5.60. The second-order valence-electron chi connectivity index (χ2n) is 5.88. The third-order valence-corrected chi connectivity index (χ3v) is 3.99. The van der Waals surface area contributed by atoms with Crippen molar-refractivity contribution >= 4 is 17.5 Å². The van der Waals surface area contributed by atoms with E-state index < -0.39 is 0 Å². The first-order valence-electron chi connectivity index (χ1n) is 8.58. The van der Waals surface area contributed by atoms with Gasteiger partial charge in [0.15, 0.2) is 5.82 Å². The lowest BCUT2D eigenvalue weighted by molar-refractivity contribution is 0.896. The summed E-state index contributed by atoms with van der Waals surface area (Å²) in [5.41, 5.74) is 3.62. The molecule has 25 heavy (non-hydrogen) atoms. The summed E-state index contributed by atoms with van der Waals surface area (Å²) in [7, 11) is 0. The van der Waals surface area contributed by atoms with Crippen LogP contribution in [-0.4, -0.2) is 28.3 Å². The first-order valence-corrected chi connectivity index (χ1v) is 8.58. The van der Waals surface area contributed by atoms with Gasteiger partial charge in [-0.25, -0.2) is 0 Å². The molecule has 2 aromatic carbocycles. The minimum atomic E-state index is 0.555. The molecule has 0 spiro atoms. The Morgan fingerprint density at radius 3 is 2.64 bits per heavy atom. The lowest BCUT2D eigenvalue weighted by Crippen LogP contribution is -2.19. The van der Waals surface area contributed by atoms with Gasteiger partial charge in [-0.15, -0.1) is 5.10 Å². The highest BCUT2D eigenvalue weighted by Gasteiger charge is 2.10. The van der Waals surface area contributed by atoms with Gasteiger partial charge in [0.2, 0.25) is 5.95 Å². The summed E-state index contributed by atoms with van der Waals surface area (Å²) in [5.74, 6) is 1.35. The van der Waals surface area contributed by atoms with Crippen LogP contribution in [0.4, 0.5) is 17.5 Å². The van der Waals surface area contributed by atoms with Crippen LogP contribution in [0.2, 0.25) is 0 Å². The summed E-state index contributed by atoms with van der Waals surface area (Å²) >= 11 is 0. The van der Waals surface area contributed by atoms with Gasteiger partial charge in [-0.3, -0.25) is 0 Å². The predicted octanol–water partition coefficient (Wildman–Crippen LogP) is 3.99. The number of aromatic nitrogens is 3. The molecule has 1 heterocycles. The van der Waals surface area contributed by atoms with Crippen molar-refractivity contribution in [3.05, 3.63) is 71.9 Å². The number of aryl methyl sites for hydroxylation is 1. The van der Waals surface area contributed by atoms with Crippen LogP contribution in [-0.2, 0) is 6.42 Å². The van der Waals surface area contributed by atoms with Crippen molar-refractivity contribution in [1.29, 1.82) is 0 Å². The molecule has 1 aromatic heterocycles. The summed E-state index contributed by atoms with van der Waals surface area (Å²) in [5, 5.41) is 11.5. The van der Waals surface area contributed by atoms with Gasteiger partial charge < -0.3 is 10.2 Å². The number of nitrogens with zero attached hydrogens (tertiary/aromatic N) is 4. The average Bonchev–Trinajstić information content (AvgIpc) is 2.64. The summed E-state index contributed by atoms with van der Waals surface area (Å²) < 4.78 is 0. The fraction of sp³-hybridized carbons (Fsp3) is 0.250. The highest BCUT2D eigenvalue weighted by Crippen LogP contribution is 2.23. The van der Waals surface area contributed by atoms with Gasteiger partial charge in [-0.2, -0.15) is 10.1 Å². The molecule has 5 heteroatoms. The maximum atomic E-state index is 4.62. The first-order chi connectivity index (χ1) is 12.3. The zero-order valence-electron chi connectivity index (χ0n) is 14.7. The molecule has 128 valence electrons. The Balaban J connectivity index is 1.69. The Bertz CT molecular complexity index is 804. The van der Waals surface area contributed by atoms with Crippen molar-refractivity contribution < 1.29 is 0 Å². The van der Waals surface area contributed by atoms with Crippen LogP contribution < -0.4 is 10.2 Å². The molecule has 0 aliphatic heterocycles. The number of hydrogen-bond donors (Lipinski definition) is 1. The third kappa shape index (κ3) is 4.53.